The van der Waals surface area contributed by atoms with Gasteiger partial charge in [-0.3, -0.25) is 24.0 Å². The van der Waals surface area contributed by atoms with Gasteiger partial charge in [0.05, 0.1) is 13.0 Å². The fraction of sp³-hybridized carbons (Fsp3) is 0.306. The van der Waals surface area contributed by atoms with Crippen molar-refractivity contribution in [3.8, 4) is 11.8 Å². The maximum absolute atomic E-state index is 13.3. The van der Waals surface area contributed by atoms with Crippen LogP contribution >= 0.6 is 0 Å². The van der Waals surface area contributed by atoms with Gasteiger partial charge in [0.15, 0.2) is 0 Å². The number of benzene rings is 3. The summed E-state index contributed by atoms with van der Waals surface area (Å²) in [4.78, 5) is 65.6. The van der Waals surface area contributed by atoms with E-state index in [1.165, 1.54) is 18.7 Å². The van der Waals surface area contributed by atoms with Crippen LogP contribution in [0.1, 0.15) is 49.8 Å². The van der Waals surface area contributed by atoms with Crippen molar-refractivity contribution in [1.82, 2.24) is 9.80 Å². The first-order valence-electron chi connectivity index (χ1n) is 15.3. The van der Waals surface area contributed by atoms with Crippen molar-refractivity contribution < 1.29 is 28.7 Å². The summed E-state index contributed by atoms with van der Waals surface area (Å²) in [6.07, 6.45) is 1.27. The van der Waals surface area contributed by atoms with Crippen LogP contribution < -0.4 is 10.6 Å². The molecule has 2 N–H and O–H groups in total. The molecule has 3 aromatic carbocycles. The highest BCUT2D eigenvalue weighted by Gasteiger charge is 2.41. The molecule has 2 aliphatic rings. The van der Waals surface area contributed by atoms with Gasteiger partial charge in [-0.05, 0) is 66.9 Å². The summed E-state index contributed by atoms with van der Waals surface area (Å²) < 4.78 is 5.35. The maximum Gasteiger partial charge on any atom is 0.302 e. The average Bonchev–Trinajstić information content (AvgIpc) is 3.70. The Morgan fingerprint density at radius 3 is 1.87 bits per heavy atom. The van der Waals surface area contributed by atoms with Gasteiger partial charge in [-0.25, -0.2) is 0 Å². The molecular formula is C36H36N4O6. The number of hydrogen-bond donors (Lipinski definition) is 2. The smallest absolute Gasteiger partial charge is 0.302 e. The number of ether oxygens (including phenoxy) is 1. The summed E-state index contributed by atoms with van der Waals surface area (Å²) in [5, 5.41) is 5.76. The molecular weight excluding hydrogens is 584 g/mol. The van der Waals surface area contributed by atoms with E-state index in [-0.39, 0.29) is 43.0 Å². The first kappa shape index (κ1) is 32.0. The average molecular weight is 621 g/mol. The molecule has 2 saturated heterocycles. The molecule has 0 aromatic heterocycles. The molecule has 4 amide bonds. The van der Waals surface area contributed by atoms with E-state index in [9.17, 15) is 24.0 Å². The van der Waals surface area contributed by atoms with Crippen LogP contribution in [0, 0.1) is 11.8 Å². The Bertz CT molecular complexity index is 1660. The van der Waals surface area contributed by atoms with Crippen molar-refractivity contribution in [3.05, 3.63) is 95.6 Å². The zero-order chi connectivity index (χ0) is 32.6. The molecule has 3 atom stereocenters. The highest BCUT2D eigenvalue weighted by molar-refractivity contribution is 5.98. The van der Waals surface area contributed by atoms with Crippen LogP contribution in [0.5, 0.6) is 0 Å². The van der Waals surface area contributed by atoms with Crippen molar-refractivity contribution in [3.63, 3.8) is 0 Å². The van der Waals surface area contributed by atoms with Gasteiger partial charge in [0.25, 0.3) is 0 Å². The van der Waals surface area contributed by atoms with Crippen LogP contribution in [0.3, 0.4) is 0 Å². The summed E-state index contributed by atoms with van der Waals surface area (Å²) in [6.45, 7) is 3.55. The normalized spacial score (nSPS) is 18.7. The lowest BCUT2D eigenvalue weighted by Crippen LogP contribution is -2.43. The lowest BCUT2D eigenvalue weighted by atomic mass is 10.1. The van der Waals surface area contributed by atoms with Gasteiger partial charge in [-0.15, -0.1) is 0 Å². The van der Waals surface area contributed by atoms with Crippen molar-refractivity contribution in [2.45, 2.75) is 57.7 Å². The number of rotatable bonds is 7. The number of hydrogen-bond acceptors (Lipinski definition) is 6. The number of carbonyl (C=O) groups is 5. The Hall–Kier alpha value is -5.43. The summed E-state index contributed by atoms with van der Waals surface area (Å²) in [5.41, 5.74) is 3.51. The van der Waals surface area contributed by atoms with Gasteiger partial charge >= 0.3 is 5.97 Å². The van der Waals surface area contributed by atoms with E-state index in [1.54, 1.807) is 41.3 Å². The molecule has 0 unspecified atom stereocenters. The second kappa shape index (κ2) is 14.6. The Morgan fingerprint density at radius 2 is 1.33 bits per heavy atom. The lowest BCUT2D eigenvalue weighted by Gasteiger charge is -2.23. The summed E-state index contributed by atoms with van der Waals surface area (Å²) in [6, 6.07) is 22.3. The van der Waals surface area contributed by atoms with Gasteiger partial charge < -0.3 is 25.2 Å². The van der Waals surface area contributed by atoms with Gasteiger partial charge in [-0.2, -0.15) is 0 Å². The SMILES string of the molecule is CC(=O)O[C@@H]1C[C@@H](C(=O)Nc2ccc(C#Cc3ccc(NC(=O)[C@@H]4CCCN4C(C)=O)cc3)cc2)N(C(=O)Cc2ccccc2)C1. The predicted octanol–water partition coefficient (Wildman–Crippen LogP) is 3.75. The Kier molecular flexibility index (Phi) is 10.1. The lowest BCUT2D eigenvalue weighted by molar-refractivity contribution is -0.146. The minimum Gasteiger partial charge on any atom is -0.461 e. The quantitative estimate of drug-likeness (QED) is 0.306. The molecule has 0 spiro atoms. The number of nitrogens with one attached hydrogen (secondary N) is 2. The van der Waals surface area contributed by atoms with Crippen molar-refractivity contribution in [2.75, 3.05) is 23.7 Å². The topological polar surface area (TPSA) is 125 Å². The molecule has 0 aliphatic carbocycles. The molecule has 0 saturated carbocycles. The minimum absolute atomic E-state index is 0.0976. The minimum atomic E-state index is -0.779. The second-order valence-corrected chi connectivity index (χ2v) is 11.4. The van der Waals surface area contributed by atoms with E-state index in [4.69, 9.17) is 4.74 Å². The Labute approximate surface area is 268 Å². The first-order valence-corrected chi connectivity index (χ1v) is 15.3. The van der Waals surface area contributed by atoms with E-state index in [2.05, 4.69) is 22.5 Å². The van der Waals surface area contributed by atoms with E-state index in [0.29, 0.717) is 24.3 Å². The number of carbonyl (C=O) groups excluding carboxylic acids is 5. The van der Waals surface area contributed by atoms with E-state index in [1.807, 2.05) is 42.5 Å². The van der Waals surface area contributed by atoms with Crippen LogP contribution in [-0.2, 0) is 35.1 Å². The number of anilines is 2. The number of nitrogens with zero attached hydrogens (tertiary/aromatic N) is 2. The molecule has 2 aliphatic heterocycles. The fourth-order valence-corrected chi connectivity index (χ4v) is 5.80. The third kappa shape index (κ3) is 8.18. The van der Waals surface area contributed by atoms with E-state index < -0.39 is 24.2 Å². The summed E-state index contributed by atoms with van der Waals surface area (Å²) in [5.74, 6) is 4.87. The van der Waals surface area contributed by atoms with Gasteiger partial charge in [-0.1, -0.05) is 42.2 Å². The van der Waals surface area contributed by atoms with Crippen molar-refractivity contribution in [1.29, 1.82) is 0 Å². The number of likely N-dealkylation sites (tertiary alicyclic amines) is 2. The largest absolute Gasteiger partial charge is 0.461 e. The molecule has 3 aromatic rings. The number of esters is 1. The van der Waals surface area contributed by atoms with Crippen LogP contribution in [0.25, 0.3) is 0 Å². The maximum atomic E-state index is 13.3. The summed E-state index contributed by atoms with van der Waals surface area (Å²) in [7, 11) is 0. The highest BCUT2D eigenvalue weighted by atomic mass is 16.5. The fourth-order valence-electron chi connectivity index (χ4n) is 5.80. The standard InChI is InChI=1S/C36H36N4O6/c1-24(41)39-20-6-9-32(39)35(44)37-29-16-12-26(13-17-29)10-11-27-14-18-30(19-15-27)38-36(45)33-22-31(46-25(2)42)23-40(33)34(43)21-28-7-4-3-5-8-28/h3-5,7-8,12-19,31-33H,6,9,20-23H2,1-2H3,(H,37,44)(H,38,45)/t31-,32+,33+/m1/s1. The van der Waals surface area contributed by atoms with Gasteiger partial charge in [0.1, 0.15) is 18.2 Å². The summed E-state index contributed by atoms with van der Waals surface area (Å²) >= 11 is 0. The van der Waals surface area contributed by atoms with Crippen LogP contribution in [0.2, 0.25) is 0 Å². The van der Waals surface area contributed by atoms with Crippen LogP contribution in [-0.4, -0.2) is 70.7 Å². The molecule has 0 bridgehead atoms. The second-order valence-electron chi connectivity index (χ2n) is 11.4. The molecule has 2 fully saturated rings. The molecule has 5 rings (SSSR count). The zero-order valence-corrected chi connectivity index (χ0v) is 25.8. The molecule has 236 valence electrons. The van der Waals surface area contributed by atoms with Crippen LogP contribution in [0.4, 0.5) is 11.4 Å². The zero-order valence-electron chi connectivity index (χ0n) is 25.8. The Morgan fingerprint density at radius 1 is 0.761 bits per heavy atom. The van der Waals surface area contributed by atoms with E-state index in [0.717, 1.165) is 23.1 Å². The van der Waals surface area contributed by atoms with Crippen LogP contribution in [0.15, 0.2) is 78.9 Å². The van der Waals surface area contributed by atoms with Gasteiger partial charge in [0, 0.05) is 49.3 Å². The van der Waals surface area contributed by atoms with Gasteiger partial charge in [0.2, 0.25) is 23.6 Å². The molecule has 0 radical (unpaired) electrons. The molecule has 10 nitrogen and oxygen atoms in total. The number of amides is 4. The molecule has 46 heavy (non-hydrogen) atoms. The third-order valence-corrected chi connectivity index (χ3v) is 8.03. The molecule has 2 heterocycles. The van der Waals surface area contributed by atoms with Crippen molar-refractivity contribution in [2.24, 2.45) is 0 Å². The predicted molar refractivity (Wildman–Crippen MR) is 172 cm³/mol. The molecule has 10 heteroatoms. The van der Waals surface area contributed by atoms with E-state index >= 15 is 0 Å². The monoisotopic (exact) mass is 620 g/mol. The highest BCUT2D eigenvalue weighted by Crippen LogP contribution is 2.24. The first-order chi connectivity index (χ1) is 22.2. The Balaban J connectivity index is 1.18. The third-order valence-electron chi connectivity index (χ3n) is 8.03. The van der Waals surface area contributed by atoms with Crippen molar-refractivity contribution >= 4 is 41.0 Å².